The number of likely N-dealkylation sites (N-methyl/N-ethyl adjacent to an activating group) is 1. The average Bonchev–Trinajstić information content (AvgIpc) is 2.45. The molecule has 3 heteroatoms. The molecule has 1 aliphatic rings. The molecular formula is C14H21ClN2. The van der Waals surface area contributed by atoms with Gasteiger partial charge in [-0.3, -0.25) is 4.90 Å². The summed E-state index contributed by atoms with van der Waals surface area (Å²) in [6, 6.07) is 6.83. The maximum Gasteiger partial charge on any atom is 0.0496 e. The first-order valence-electron chi connectivity index (χ1n) is 6.31. The van der Waals surface area contributed by atoms with Gasteiger partial charge in [0.2, 0.25) is 0 Å². The van der Waals surface area contributed by atoms with Gasteiger partial charge in [0, 0.05) is 17.1 Å². The van der Waals surface area contributed by atoms with Crippen LogP contribution in [0.25, 0.3) is 0 Å². The summed E-state index contributed by atoms with van der Waals surface area (Å²) in [7, 11) is 2.16. The molecule has 1 fully saturated rings. The predicted octanol–water partition coefficient (Wildman–Crippen LogP) is 3.13. The van der Waals surface area contributed by atoms with E-state index < -0.39 is 0 Å². The molecule has 0 saturated carbocycles. The van der Waals surface area contributed by atoms with Gasteiger partial charge in [-0.25, -0.2) is 0 Å². The number of likely N-dealkylation sites (tertiary alicyclic amines) is 1. The van der Waals surface area contributed by atoms with Crippen LogP contribution in [0, 0.1) is 6.92 Å². The fraction of sp³-hybridized carbons (Fsp3) is 0.571. The monoisotopic (exact) mass is 252 g/mol. The Morgan fingerprint density at radius 1 is 1.35 bits per heavy atom. The number of halogens is 1. The minimum Gasteiger partial charge on any atom is -0.326 e. The molecule has 0 aromatic heterocycles. The summed E-state index contributed by atoms with van der Waals surface area (Å²) in [5, 5.41) is 0.840. The molecular weight excluding hydrogens is 232 g/mol. The van der Waals surface area contributed by atoms with Crippen molar-refractivity contribution in [1.82, 2.24) is 4.90 Å². The maximum atomic E-state index is 6.30. The van der Waals surface area contributed by atoms with Crippen molar-refractivity contribution in [3.05, 3.63) is 34.3 Å². The Hall–Kier alpha value is -0.570. The predicted molar refractivity (Wildman–Crippen MR) is 73.4 cm³/mol. The van der Waals surface area contributed by atoms with Crippen LogP contribution in [-0.2, 0) is 0 Å². The number of aryl methyl sites for hydroxylation is 1. The van der Waals surface area contributed by atoms with Crippen molar-refractivity contribution in [2.75, 3.05) is 13.6 Å². The zero-order chi connectivity index (χ0) is 12.4. The molecule has 1 aromatic rings. The Morgan fingerprint density at radius 2 is 2.12 bits per heavy atom. The van der Waals surface area contributed by atoms with Crippen LogP contribution in [0.3, 0.4) is 0 Å². The van der Waals surface area contributed by atoms with Crippen LogP contribution in [0.5, 0.6) is 0 Å². The molecule has 94 valence electrons. The minimum atomic E-state index is 0.210. The van der Waals surface area contributed by atoms with Crippen LogP contribution < -0.4 is 5.73 Å². The first-order valence-corrected chi connectivity index (χ1v) is 6.69. The Labute approximate surface area is 109 Å². The second kappa shape index (κ2) is 5.38. The molecule has 1 aromatic carbocycles. The van der Waals surface area contributed by atoms with Gasteiger partial charge in [-0.2, -0.15) is 0 Å². The highest BCUT2D eigenvalue weighted by molar-refractivity contribution is 6.31. The fourth-order valence-electron chi connectivity index (χ4n) is 2.66. The fourth-order valence-corrected chi connectivity index (χ4v) is 2.85. The standard InChI is InChI=1S/C14H21ClN2/c1-10-6-7-11(9-12(10)15)14-13(16)5-3-4-8-17(14)2/h6-7,9,13-14H,3-5,8,16H2,1-2H3. The molecule has 1 aliphatic heterocycles. The van der Waals surface area contributed by atoms with E-state index in [4.69, 9.17) is 17.3 Å². The number of nitrogens with two attached hydrogens (primary N) is 1. The van der Waals surface area contributed by atoms with Crippen molar-refractivity contribution >= 4 is 11.6 Å². The van der Waals surface area contributed by atoms with E-state index >= 15 is 0 Å². The highest BCUT2D eigenvalue weighted by Crippen LogP contribution is 2.30. The lowest BCUT2D eigenvalue weighted by molar-refractivity contribution is 0.230. The zero-order valence-electron chi connectivity index (χ0n) is 10.6. The number of hydrogen-bond acceptors (Lipinski definition) is 2. The third-order valence-electron chi connectivity index (χ3n) is 3.72. The Balaban J connectivity index is 2.31. The van der Waals surface area contributed by atoms with Crippen molar-refractivity contribution in [1.29, 1.82) is 0 Å². The van der Waals surface area contributed by atoms with Gasteiger partial charge in [0.25, 0.3) is 0 Å². The molecule has 2 unspecified atom stereocenters. The molecule has 0 radical (unpaired) electrons. The largest absolute Gasteiger partial charge is 0.326 e. The van der Waals surface area contributed by atoms with Gasteiger partial charge >= 0.3 is 0 Å². The Morgan fingerprint density at radius 3 is 2.82 bits per heavy atom. The summed E-state index contributed by atoms with van der Waals surface area (Å²) >= 11 is 6.21. The summed E-state index contributed by atoms with van der Waals surface area (Å²) in [5.74, 6) is 0. The van der Waals surface area contributed by atoms with E-state index in [1.807, 2.05) is 6.92 Å². The SMILES string of the molecule is Cc1ccc(C2C(N)CCCCN2C)cc1Cl. The van der Waals surface area contributed by atoms with Crippen molar-refractivity contribution in [2.45, 2.75) is 38.3 Å². The smallest absolute Gasteiger partial charge is 0.0496 e. The second-order valence-corrected chi connectivity index (χ2v) is 5.50. The van der Waals surface area contributed by atoms with Crippen LogP contribution in [0.1, 0.15) is 36.4 Å². The molecule has 0 amide bonds. The molecule has 2 N–H and O–H groups in total. The topological polar surface area (TPSA) is 29.3 Å². The quantitative estimate of drug-likeness (QED) is 0.832. The lowest BCUT2D eigenvalue weighted by Crippen LogP contribution is -2.37. The van der Waals surface area contributed by atoms with Crippen molar-refractivity contribution in [3.8, 4) is 0 Å². The maximum absolute atomic E-state index is 6.30. The van der Waals surface area contributed by atoms with Gasteiger partial charge in [0.05, 0.1) is 0 Å². The van der Waals surface area contributed by atoms with Gasteiger partial charge in [-0.05, 0) is 50.6 Å². The first-order chi connectivity index (χ1) is 8.09. The number of benzene rings is 1. The highest BCUT2D eigenvalue weighted by atomic mass is 35.5. The Bertz CT molecular complexity index is 380. The first kappa shape index (κ1) is 12.9. The molecule has 0 aliphatic carbocycles. The van der Waals surface area contributed by atoms with E-state index in [0.29, 0.717) is 6.04 Å². The average molecular weight is 253 g/mol. The third kappa shape index (κ3) is 2.82. The summed E-state index contributed by atoms with van der Waals surface area (Å²) in [6.07, 6.45) is 3.56. The van der Waals surface area contributed by atoms with Crippen LogP contribution in [-0.4, -0.2) is 24.5 Å². The highest BCUT2D eigenvalue weighted by Gasteiger charge is 2.26. The van der Waals surface area contributed by atoms with E-state index in [9.17, 15) is 0 Å². The van der Waals surface area contributed by atoms with Crippen LogP contribution in [0.2, 0.25) is 5.02 Å². The molecule has 0 bridgehead atoms. The zero-order valence-corrected chi connectivity index (χ0v) is 11.4. The lowest BCUT2D eigenvalue weighted by Gasteiger charge is -2.30. The summed E-state index contributed by atoms with van der Waals surface area (Å²) in [6.45, 7) is 3.15. The van der Waals surface area contributed by atoms with Crippen molar-refractivity contribution < 1.29 is 0 Å². The van der Waals surface area contributed by atoms with E-state index in [0.717, 1.165) is 23.6 Å². The third-order valence-corrected chi connectivity index (χ3v) is 4.12. The normalized spacial score (nSPS) is 26.8. The molecule has 1 saturated heterocycles. The summed E-state index contributed by atoms with van der Waals surface area (Å²) < 4.78 is 0. The summed E-state index contributed by atoms with van der Waals surface area (Å²) in [5.41, 5.74) is 8.68. The summed E-state index contributed by atoms with van der Waals surface area (Å²) in [4.78, 5) is 2.36. The number of hydrogen-bond donors (Lipinski definition) is 1. The number of rotatable bonds is 1. The molecule has 2 atom stereocenters. The van der Waals surface area contributed by atoms with Crippen molar-refractivity contribution in [3.63, 3.8) is 0 Å². The lowest BCUT2D eigenvalue weighted by atomic mass is 9.96. The molecule has 1 heterocycles. The van der Waals surface area contributed by atoms with Crippen LogP contribution in [0.15, 0.2) is 18.2 Å². The van der Waals surface area contributed by atoms with E-state index in [-0.39, 0.29) is 6.04 Å². The van der Waals surface area contributed by atoms with E-state index in [1.165, 1.54) is 18.4 Å². The second-order valence-electron chi connectivity index (χ2n) is 5.09. The Kier molecular flexibility index (Phi) is 4.08. The van der Waals surface area contributed by atoms with Gasteiger partial charge in [-0.15, -0.1) is 0 Å². The molecule has 2 nitrogen and oxygen atoms in total. The van der Waals surface area contributed by atoms with E-state index in [1.54, 1.807) is 0 Å². The molecule has 17 heavy (non-hydrogen) atoms. The van der Waals surface area contributed by atoms with Gasteiger partial charge in [-0.1, -0.05) is 30.2 Å². The van der Waals surface area contributed by atoms with Crippen LogP contribution >= 0.6 is 11.6 Å². The van der Waals surface area contributed by atoms with E-state index in [2.05, 4.69) is 30.1 Å². The molecule has 0 spiro atoms. The van der Waals surface area contributed by atoms with Gasteiger partial charge in [0.15, 0.2) is 0 Å². The number of nitrogens with zero attached hydrogens (tertiary/aromatic N) is 1. The minimum absolute atomic E-state index is 0.210. The molecule has 2 rings (SSSR count). The van der Waals surface area contributed by atoms with Crippen molar-refractivity contribution in [2.24, 2.45) is 5.73 Å². The van der Waals surface area contributed by atoms with Crippen LogP contribution in [0.4, 0.5) is 0 Å². The van der Waals surface area contributed by atoms with Gasteiger partial charge < -0.3 is 5.73 Å². The van der Waals surface area contributed by atoms with Gasteiger partial charge in [0.1, 0.15) is 0 Å².